The van der Waals surface area contributed by atoms with Crippen LogP contribution in [0.2, 0.25) is 0 Å². The highest BCUT2D eigenvalue weighted by Gasteiger charge is 2.26. The molecule has 1 aliphatic rings. The number of nitrogens with two attached hydrogens (primary N) is 1. The van der Waals surface area contributed by atoms with Gasteiger partial charge in [-0.3, -0.25) is 4.79 Å². The maximum absolute atomic E-state index is 12.2. The standard InChI is InChI=1S/C12H23N3O3/c1-3-10(11(13)14-17)12(16)15(2)8-9-4-6-18-7-5-9/h9-10,17H,3-8H2,1-2H3,(H2,13,14). The molecule has 0 bridgehead atoms. The van der Waals surface area contributed by atoms with Crippen molar-refractivity contribution in [1.82, 2.24) is 4.90 Å². The number of carbonyl (C=O) groups is 1. The van der Waals surface area contributed by atoms with Crippen LogP contribution in [-0.2, 0) is 9.53 Å². The lowest BCUT2D eigenvalue weighted by molar-refractivity contribution is -0.133. The normalized spacial score (nSPS) is 19.6. The highest BCUT2D eigenvalue weighted by Crippen LogP contribution is 2.17. The average molecular weight is 257 g/mol. The van der Waals surface area contributed by atoms with Gasteiger partial charge in [-0.2, -0.15) is 0 Å². The molecule has 1 fully saturated rings. The minimum absolute atomic E-state index is 0.0127. The Morgan fingerprint density at radius 2 is 2.17 bits per heavy atom. The van der Waals surface area contributed by atoms with Crippen molar-refractivity contribution in [2.45, 2.75) is 26.2 Å². The van der Waals surface area contributed by atoms with Crippen molar-refractivity contribution in [1.29, 1.82) is 0 Å². The molecule has 104 valence electrons. The Labute approximate surface area is 108 Å². The molecule has 18 heavy (non-hydrogen) atoms. The molecule has 1 aliphatic heterocycles. The number of rotatable bonds is 5. The molecule has 0 aromatic heterocycles. The number of amides is 1. The van der Waals surface area contributed by atoms with Gasteiger partial charge in [0.2, 0.25) is 5.91 Å². The number of amidine groups is 1. The Morgan fingerprint density at radius 1 is 1.56 bits per heavy atom. The molecule has 1 heterocycles. The van der Waals surface area contributed by atoms with Crippen LogP contribution in [0.25, 0.3) is 0 Å². The number of ether oxygens (including phenoxy) is 1. The van der Waals surface area contributed by atoms with E-state index in [9.17, 15) is 4.79 Å². The second kappa shape index (κ2) is 7.20. The second-order valence-corrected chi connectivity index (χ2v) is 4.76. The van der Waals surface area contributed by atoms with E-state index in [0.717, 1.165) is 26.1 Å². The molecule has 1 saturated heterocycles. The number of hydrogen-bond acceptors (Lipinski definition) is 4. The Bertz CT molecular complexity index is 301. The van der Waals surface area contributed by atoms with Crippen LogP contribution in [0.4, 0.5) is 0 Å². The van der Waals surface area contributed by atoms with Crippen LogP contribution in [0.15, 0.2) is 5.16 Å². The number of oxime groups is 1. The third-order valence-electron chi connectivity index (χ3n) is 3.43. The molecule has 0 aromatic rings. The van der Waals surface area contributed by atoms with Crippen LogP contribution in [0.1, 0.15) is 26.2 Å². The predicted molar refractivity (Wildman–Crippen MR) is 68.4 cm³/mol. The van der Waals surface area contributed by atoms with E-state index in [2.05, 4.69) is 5.16 Å². The van der Waals surface area contributed by atoms with Gasteiger partial charge in [-0.15, -0.1) is 0 Å². The zero-order valence-corrected chi connectivity index (χ0v) is 11.1. The molecule has 1 amide bonds. The first kappa shape index (κ1) is 14.8. The van der Waals surface area contributed by atoms with Crippen molar-refractivity contribution in [3.8, 4) is 0 Å². The van der Waals surface area contributed by atoms with Gasteiger partial charge in [0.05, 0.1) is 5.92 Å². The van der Waals surface area contributed by atoms with Gasteiger partial charge in [-0.1, -0.05) is 12.1 Å². The summed E-state index contributed by atoms with van der Waals surface area (Å²) in [7, 11) is 1.77. The summed E-state index contributed by atoms with van der Waals surface area (Å²) >= 11 is 0. The molecular weight excluding hydrogens is 234 g/mol. The van der Waals surface area contributed by atoms with Crippen molar-refractivity contribution in [2.75, 3.05) is 26.8 Å². The molecule has 1 rings (SSSR count). The minimum Gasteiger partial charge on any atom is -0.409 e. The second-order valence-electron chi connectivity index (χ2n) is 4.76. The SMILES string of the molecule is CCC(C(=O)N(C)CC1CCOCC1)C(N)=NO. The van der Waals surface area contributed by atoms with Crippen LogP contribution < -0.4 is 5.73 Å². The molecular formula is C12H23N3O3. The fourth-order valence-corrected chi connectivity index (χ4v) is 2.25. The smallest absolute Gasteiger partial charge is 0.233 e. The first-order valence-electron chi connectivity index (χ1n) is 6.40. The minimum atomic E-state index is -0.528. The van der Waals surface area contributed by atoms with Crippen LogP contribution in [0.5, 0.6) is 0 Å². The molecule has 0 saturated carbocycles. The summed E-state index contributed by atoms with van der Waals surface area (Å²) in [6, 6.07) is 0. The van der Waals surface area contributed by atoms with Gasteiger partial charge in [0.1, 0.15) is 0 Å². The van der Waals surface area contributed by atoms with Gasteiger partial charge >= 0.3 is 0 Å². The monoisotopic (exact) mass is 257 g/mol. The van der Waals surface area contributed by atoms with E-state index in [1.807, 2.05) is 6.92 Å². The third kappa shape index (κ3) is 3.87. The van der Waals surface area contributed by atoms with Crippen molar-refractivity contribution in [2.24, 2.45) is 22.7 Å². The fraction of sp³-hybridized carbons (Fsp3) is 0.833. The molecule has 0 aromatic carbocycles. The Morgan fingerprint density at radius 3 is 2.67 bits per heavy atom. The summed E-state index contributed by atoms with van der Waals surface area (Å²) in [5.41, 5.74) is 5.53. The number of nitrogens with zero attached hydrogens (tertiary/aromatic N) is 2. The molecule has 6 nitrogen and oxygen atoms in total. The summed E-state index contributed by atoms with van der Waals surface area (Å²) in [6.07, 6.45) is 2.50. The van der Waals surface area contributed by atoms with E-state index in [-0.39, 0.29) is 11.7 Å². The molecule has 0 aliphatic carbocycles. The van der Waals surface area contributed by atoms with Crippen LogP contribution in [-0.4, -0.2) is 48.7 Å². The molecule has 1 atom stereocenters. The van der Waals surface area contributed by atoms with Crippen LogP contribution in [0.3, 0.4) is 0 Å². The highest BCUT2D eigenvalue weighted by atomic mass is 16.5. The first-order valence-corrected chi connectivity index (χ1v) is 6.40. The molecule has 0 radical (unpaired) electrons. The fourth-order valence-electron chi connectivity index (χ4n) is 2.25. The van der Waals surface area contributed by atoms with Gasteiger partial charge in [-0.25, -0.2) is 0 Å². The Kier molecular flexibility index (Phi) is 5.91. The average Bonchev–Trinajstić information content (AvgIpc) is 2.40. The molecule has 0 spiro atoms. The van der Waals surface area contributed by atoms with Gasteiger partial charge in [0.25, 0.3) is 0 Å². The Hall–Kier alpha value is -1.30. The molecule has 3 N–H and O–H groups in total. The topological polar surface area (TPSA) is 88.2 Å². The van der Waals surface area contributed by atoms with Gasteiger partial charge < -0.3 is 20.6 Å². The van der Waals surface area contributed by atoms with Crippen LogP contribution >= 0.6 is 0 Å². The van der Waals surface area contributed by atoms with Gasteiger partial charge in [0, 0.05) is 26.8 Å². The van der Waals surface area contributed by atoms with Crippen LogP contribution in [0, 0.1) is 11.8 Å². The van der Waals surface area contributed by atoms with Crippen molar-refractivity contribution >= 4 is 11.7 Å². The van der Waals surface area contributed by atoms with E-state index in [0.29, 0.717) is 18.9 Å². The van der Waals surface area contributed by atoms with Crippen molar-refractivity contribution in [3.05, 3.63) is 0 Å². The summed E-state index contributed by atoms with van der Waals surface area (Å²) in [4.78, 5) is 13.9. The van der Waals surface area contributed by atoms with E-state index in [1.54, 1.807) is 11.9 Å². The number of carbonyl (C=O) groups excluding carboxylic acids is 1. The third-order valence-corrected chi connectivity index (χ3v) is 3.43. The lowest BCUT2D eigenvalue weighted by Gasteiger charge is -2.29. The van der Waals surface area contributed by atoms with Gasteiger partial charge in [-0.05, 0) is 25.2 Å². The van der Waals surface area contributed by atoms with E-state index in [4.69, 9.17) is 15.7 Å². The zero-order valence-electron chi connectivity index (χ0n) is 11.1. The molecule has 1 unspecified atom stereocenters. The summed E-state index contributed by atoms with van der Waals surface area (Å²) in [5.74, 6) is -0.141. The largest absolute Gasteiger partial charge is 0.409 e. The van der Waals surface area contributed by atoms with Gasteiger partial charge in [0.15, 0.2) is 5.84 Å². The highest BCUT2D eigenvalue weighted by molar-refractivity contribution is 6.01. The lowest BCUT2D eigenvalue weighted by Crippen LogP contribution is -2.42. The first-order chi connectivity index (χ1) is 8.60. The lowest BCUT2D eigenvalue weighted by atomic mass is 9.98. The molecule has 6 heteroatoms. The predicted octanol–water partition coefficient (Wildman–Crippen LogP) is 0.644. The summed E-state index contributed by atoms with van der Waals surface area (Å²) < 4.78 is 5.29. The Balaban J connectivity index is 2.53. The summed E-state index contributed by atoms with van der Waals surface area (Å²) in [5, 5.41) is 11.6. The zero-order chi connectivity index (χ0) is 13.5. The maximum atomic E-state index is 12.2. The van der Waals surface area contributed by atoms with E-state index >= 15 is 0 Å². The van der Waals surface area contributed by atoms with Crippen molar-refractivity contribution < 1.29 is 14.7 Å². The van der Waals surface area contributed by atoms with E-state index < -0.39 is 5.92 Å². The van der Waals surface area contributed by atoms with E-state index in [1.165, 1.54) is 0 Å². The summed E-state index contributed by atoms with van der Waals surface area (Å²) in [6.45, 7) is 4.09. The quantitative estimate of drug-likeness (QED) is 0.327. The van der Waals surface area contributed by atoms with Crippen molar-refractivity contribution in [3.63, 3.8) is 0 Å². The number of hydrogen-bond donors (Lipinski definition) is 2. The maximum Gasteiger partial charge on any atom is 0.233 e.